The van der Waals surface area contributed by atoms with Gasteiger partial charge in [0.1, 0.15) is 0 Å². The molecule has 0 saturated heterocycles. The molecule has 1 aromatic rings. The van der Waals surface area contributed by atoms with Crippen molar-refractivity contribution < 1.29 is 0 Å². The number of rotatable bonds is 2. The molecule has 0 unspecified atom stereocenters. The maximum absolute atomic E-state index is 5.49. The van der Waals surface area contributed by atoms with E-state index in [0.717, 1.165) is 32.6 Å². The fourth-order valence-electron chi connectivity index (χ4n) is 1.64. The monoisotopic (exact) mass is 166 g/mol. The van der Waals surface area contributed by atoms with Crippen molar-refractivity contribution >= 4 is 0 Å². The van der Waals surface area contributed by atoms with Crippen LogP contribution in [0.4, 0.5) is 0 Å². The Labute approximate surface area is 71.7 Å². The van der Waals surface area contributed by atoms with Crippen LogP contribution in [0.1, 0.15) is 11.3 Å². The predicted molar refractivity (Wildman–Crippen MR) is 46.6 cm³/mol. The Kier molecular flexibility index (Phi) is 2.10. The molecule has 2 rings (SSSR count). The number of H-pyrrole nitrogens is 1. The standard InChI is InChI=1S/C8H14N4/c9-2-4-12-3-1-7-5-10-11-8(7)6-12/h5H,1-4,6,9H2,(H,10,11). The van der Waals surface area contributed by atoms with E-state index in [1.54, 1.807) is 0 Å². The summed E-state index contributed by atoms with van der Waals surface area (Å²) in [5, 5.41) is 7.03. The van der Waals surface area contributed by atoms with Crippen molar-refractivity contribution in [2.75, 3.05) is 19.6 Å². The van der Waals surface area contributed by atoms with E-state index in [1.165, 1.54) is 11.3 Å². The van der Waals surface area contributed by atoms with Crippen LogP contribution in [0.2, 0.25) is 0 Å². The third kappa shape index (κ3) is 1.35. The molecule has 0 radical (unpaired) electrons. The van der Waals surface area contributed by atoms with Crippen LogP contribution in [0.25, 0.3) is 0 Å². The van der Waals surface area contributed by atoms with Crippen molar-refractivity contribution in [3.63, 3.8) is 0 Å². The van der Waals surface area contributed by atoms with Gasteiger partial charge in [0.05, 0.1) is 11.9 Å². The van der Waals surface area contributed by atoms with E-state index in [-0.39, 0.29) is 0 Å². The smallest absolute Gasteiger partial charge is 0.0524 e. The van der Waals surface area contributed by atoms with Crippen LogP contribution < -0.4 is 5.73 Å². The zero-order valence-corrected chi connectivity index (χ0v) is 7.08. The molecule has 1 aliphatic heterocycles. The van der Waals surface area contributed by atoms with Crippen LogP contribution in [0.15, 0.2) is 6.20 Å². The van der Waals surface area contributed by atoms with Gasteiger partial charge in [-0.15, -0.1) is 0 Å². The Balaban J connectivity index is 2.05. The highest BCUT2D eigenvalue weighted by Gasteiger charge is 2.16. The molecular weight excluding hydrogens is 152 g/mol. The van der Waals surface area contributed by atoms with Crippen LogP contribution in [-0.4, -0.2) is 34.7 Å². The lowest BCUT2D eigenvalue weighted by Crippen LogP contribution is -2.34. The van der Waals surface area contributed by atoms with Gasteiger partial charge < -0.3 is 5.73 Å². The maximum Gasteiger partial charge on any atom is 0.0524 e. The zero-order chi connectivity index (χ0) is 8.39. The lowest BCUT2D eigenvalue weighted by atomic mass is 10.1. The van der Waals surface area contributed by atoms with Gasteiger partial charge in [0, 0.05) is 26.2 Å². The molecule has 0 spiro atoms. The van der Waals surface area contributed by atoms with Crippen molar-refractivity contribution in [3.8, 4) is 0 Å². The van der Waals surface area contributed by atoms with Crippen molar-refractivity contribution in [3.05, 3.63) is 17.5 Å². The highest BCUT2D eigenvalue weighted by atomic mass is 15.2. The number of nitrogens with zero attached hydrogens (tertiary/aromatic N) is 2. The molecule has 0 bridgehead atoms. The fourth-order valence-corrected chi connectivity index (χ4v) is 1.64. The molecule has 12 heavy (non-hydrogen) atoms. The van der Waals surface area contributed by atoms with Crippen molar-refractivity contribution in [2.24, 2.45) is 5.73 Å². The first-order chi connectivity index (χ1) is 5.90. The van der Waals surface area contributed by atoms with E-state index >= 15 is 0 Å². The molecule has 3 N–H and O–H groups in total. The summed E-state index contributed by atoms with van der Waals surface area (Å²) in [6.07, 6.45) is 3.03. The summed E-state index contributed by atoms with van der Waals surface area (Å²) in [6.45, 7) is 3.82. The minimum absolute atomic E-state index is 0.740. The number of fused-ring (bicyclic) bond motifs is 1. The fraction of sp³-hybridized carbons (Fsp3) is 0.625. The summed E-state index contributed by atoms with van der Waals surface area (Å²) in [7, 11) is 0. The van der Waals surface area contributed by atoms with Crippen LogP contribution in [0, 0.1) is 0 Å². The maximum atomic E-state index is 5.49. The Morgan fingerprint density at radius 1 is 1.67 bits per heavy atom. The minimum atomic E-state index is 0.740. The number of aromatic nitrogens is 2. The molecule has 0 amide bonds. The Bertz CT molecular complexity index is 255. The molecule has 1 aliphatic rings. The summed E-state index contributed by atoms with van der Waals surface area (Å²) >= 11 is 0. The van der Waals surface area contributed by atoms with E-state index in [4.69, 9.17) is 5.73 Å². The number of nitrogens with one attached hydrogen (secondary N) is 1. The lowest BCUT2D eigenvalue weighted by molar-refractivity contribution is 0.258. The van der Waals surface area contributed by atoms with Crippen molar-refractivity contribution in [1.82, 2.24) is 15.1 Å². The highest BCUT2D eigenvalue weighted by Crippen LogP contribution is 2.14. The van der Waals surface area contributed by atoms with E-state index in [0.29, 0.717) is 0 Å². The summed E-state index contributed by atoms with van der Waals surface area (Å²) < 4.78 is 0. The van der Waals surface area contributed by atoms with E-state index in [2.05, 4.69) is 15.1 Å². The van der Waals surface area contributed by atoms with Gasteiger partial charge in [0.25, 0.3) is 0 Å². The van der Waals surface area contributed by atoms with Gasteiger partial charge in [-0.05, 0) is 12.0 Å². The molecule has 0 atom stereocenters. The first-order valence-corrected chi connectivity index (χ1v) is 4.33. The second-order valence-corrected chi connectivity index (χ2v) is 3.19. The van der Waals surface area contributed by atoms with E-state index in [1.807, 2.05) is 6.20 Å². The van der Waals surface area contributed by atoms with Gasteiger partial charge in [-0.1, -0.05) is 0 Å². The largest absolute Gasteiger partial charge is 0.329 e. The van der Waals surface area contributed by atoms with Gasteiger partial charge >= 0.3 is 0 Å². The van der Waals surface area contributed by atoms with Gasteiger partial charge in [0.15, 0.2) is 0 Å². The van der Waals surface area contributed by atoms with E-state index in [9.17, 15) is 0 Å². The quantitative estimate of drug-likeness (QED) is 0.635. The third-order valence-electron chi connectivity index (χ3n) is 2.33. The number of nitrogens with two attached hydrogens (primary N) is 1. The Hall–Kier alpha value is -0.870. The lowest BCUT2D eigenvalue weighted by Gasteiger charge is -2.25. The van der Waals surface area contributed by atoms with Gasteiger partial charge in [-0.2, -0.15) is 5.10 Å². The second kappa shape index (κ2) is 3.25. The Morgan fingerprint density at radius 3 is 3.42 bits per heavy atom. The summed E-state index contributed by atoms with van der Waals surface area (Å²) in [5.41, 5.74) is 8.11. The first kappa shape index (κ1) is 7.76. The molecule has 2 heterocycles. The average Bonchev–Trinajstić information content (AvgIpc) is 2.51. The second-order valence-electron chi connectivity index (χ2n) is 3.19. The van der Waals surface area contributed by atoms with Crippen LogP contribution >= 0.6 is 0 Å². The van der Waals surface area contributed by atoms with Crippen molar-refractivity contribution in [1.29, 1.82) is 0 Å². The van der Waals surface area contributed by atoms with Gasteiger partial charge in [0.2, 0.25) is 0 Å². The number of hydrogen-bond donors (Lipinski definition) is 2. The van der Waals surface area contributed by atoms with Crippen LogP contribution in [0.5, 0.6) is 0 Å². The van der Waals surface area contributed by atoms with Crippen LogP contribution in [0.3, 0.4) is 0 Å². The molecule has 4 heteroatoms. The normalized spacial score (nSPS) is 17.8. The predicted octanol–water partition coefficient (Wildman–Crippen LogP) is -0.274. The van der Waals surface area contributed by atoms with Gasteiger partial charge in [-0.25, -0.2) is 0 Å². The first-order valence-electron chi connectivity index (χ1n) is 4.33. The zero-order valence-electron chi connectivity index (χ0n) is 7.08. The molecular formula is C8H14N4. The molecule has 4 nitrogen and oxygen atoms in total. The van der Waals surface area contributed by atoms with Crippen molar-refractivity contribution in [2.45, 2.75) is 13.0 Å². The highest BCUT2D eigenvalue weighted by molar-refractivity contribution is 5.18. The average molecular weight is 166 g/mol. The SMILES string of the molecule is NCCN1CCc2cn[nH]c2C1. The number of aromatic amines is 1. The summed E-state index contributed by atoms with van der Waals surface area (Å²) in [4.78, 5) is 2.35. The molecule has 0 saturated carbocycles. The van der Waals surface area contributed by atoms with E-state index < -0.39 is 0 Å². The number of hydrogen-bond acceptors (Lipinski definition) is 3. The molecule has 0 aliphatic carbocycles. The molecule has 0 aromatic carbocycles. The topological polar surface area (TPSA) is 57.9 Å². The molecule has 0 fully saturated rings. The summed E-state index contributed by atoms with van der Waals surface area (Å²) in [5.74, 6) is 0. The minimum Gasteiger partial charge on any atom is -0.329 e. The van der Waals surface area contributed by atoms with Gasteiger partial charge in [-0.3, -0.25) is 10.00 Å². The Morgan fingerprint density at radius 2 is 2.58 bits per heavy atom. The molecule has 1 aromatic heterocycles. The third-order valence-corrected chi connectivity index (χ3v) is 2.33. The molecule has 66 valence electrons. The summed E-state index contributed by atoms with van der Waals surface area (Å²) in [6, 6.07) is 0. The van der Waals surface area contributed by atoms with Crippen LogP contribution in [-0.2, 0) is 13.0 Å².